The molecule has 4 aliphatic rings. The van der Waals surface area contributed by atoms with Crippen LogP contribution in [0.3, 0.4) is 0 Å². The van der Waals surface area contributed by atoms with Crippen molar-refractivity contribution in [3.05, 3.63) is 58.7 Å². The van der Waals surface area contributed by atoms with Crippen molar-refractivity contribution in [1.29, 1.82) is 0 Å². The van der Waals surface area contributed by atoms with Crippen molar-refractivity contribution in [2.75, 3.05) is 60.2 Å². The van der Waals surface area contributed by atoms with E-state index in [1.165, 1.54) is 26.4 Å². The number of ether oxygens (including phenoxy) is 4. The monoisotopic (exact) mass is 662 g/mol. The number of thioether (sulfide) groups is 4. The van der Waals surface area contributed by atoms with Gasteiger partial charge < -0.3 is 28.7 Å². The van der Waals surface area contributed by atoms with Crippen molar-refractivity contribution >= 4 is 82.3 Å². The van der Waals surface area contributed by atoms with Gasteiger partial charge in [0, 0.05) is 40.8 Å². The van der Waals surface area contributed by atoms with E-state index in [0.29, 0.717) is 21.5 Å². The molecule has 10 nitrogen and oxygen atoms in total. The quantitative estimate of drug-likeness (QED) is 0.201. The average molecular weight is 663 g/mol. The molecule has 4 fully saturated rings. The number of carbonyl (C=O) groups excluding carboxylic acids is 4. The van der Waals surface area contributed by atoms with Crippen molar-refractivity contribution in [2.24, 2.45) is 0 Å². The minimum atomic E-state index is -0.573. The highest BCUT2D eigenvalue weighted by molar-refractivity contribution is 8.08. The lowest BCUT2D eigenvalue weighted by Gasteiger charge is -2.23. The van der Waals surface area contributed by atoms with Gasteiger partial charge in [-0.05, 0) is 36.4 Å². The first-order valence-electron chi connectivity index (χ1n) is 13.7. The summed E-state index contributed by atoms with van der Waals surface area (Å²) in [5.74, 6) is 1.76. The maximum absolute atomic E-state index is 13.0. The lowest BCUT2D eigenvalue weighted by atomic mass is 10.1. The molecule has 14 heteroatoms. The number of hydrogen-bond donors (Lipinski definition) is 0. The van der Waals surface area contributed by atoms with Gasteiger partial charge in [0.05, 0.1) is 71.2 Å². The molecule has 0 N–H and O–H groups in total. The van der Waals surface area contributed by atoms with Crippen molar-refractivity contribution in [3.8, 4) is 0 Å². The van der Waals surface area contributed by atoms with Gasteiger partial charge in [-0.15, -0.1) is 47.0 Å². The van der Waals surface area contributed by atoms with Gasteiger partial charge in [-0.1, -0.05) is 0 Å². The maximum atomic E-state index is 13.0. The Bertz CT molecular complexity index is 1300. The van der Waals surface area contributed by atoms with E-state index >= 15 is 0 Å². The minimum absolute atomic E-state index is 0.0175. The largest absolute Gasteiger partial charge is 0.465 e. The molecule has 4 saturated heterocycles. The number of hydrogen-bond acceptors (Lipinski definition) is 14. The van der Waals surface area contributed by atoms with E-state index in [0.717, 1.165) is 34.4 Å². The van der Waals surface area contributed by atoms with Gasteiger partial charge in [0.25, 0.3) is 0 Å². The Morgan fingerprint density at radius 3 is 1.21 bits per heavy atom. The predicted molar refractivity (Wildman–Crippen MR) is 171 cm³/mol. The first-order valence-corrected chi connectivity index (χ1v) is 17.9. The highest BCUT2D eigenvalue weighted by atomic mass is 32.2. The van der Waals surface area contributed by atoms with Crippen molar-refractivity contribution < 1.29 is 38.1 Å². The summed E-state index contributed by atoms with van der Waals surface area (Å²) in [7, 11) is 2.61. The summed E-state index contributed by atoms with van der Waals surface area (Å²) in [6.07, 6.45) is 0.275. The zero-order chi connectivity index (χ0) is 30.1. The number of carbonyl (C=O) groups is 4. The van der Waals surface area contributed by atoms with Crippen molar-refractivity contribution in [3.63, 3.8) is 0 Å². The Morgan fingerprint density at radius 1 is 0.581 bits per heavy atom. The number of fused-ring (bicyclic) bond motifs is 4. The minimum Gasteiger partial charge on any atom is -0.465 e. The standard InChI is InChI=1S/C29H30N2O8S4/c1-36-26(32)16-6-18(10-20(8-16)30-22-12-40-23(30)13-41-22)28(34)38-4-3-5-39-29(35)19-7-17(27(33)37-2)9-21(11-19)31-24-14-42-25(31)15-43-24/h6-11,22-25H,3-5,12-15H2,1-2H3. The maximum Gasteiger partial charge on any atom is 0.338 e. The molecule has 0 saturated carbocycles. The summed E-state index contributed by atoms with van der Waals surface area (Å²) in [6.45, 7) is 0.0349. The Hall–Kier alpha value is -2.68. The third kappa shape index (κ3) is 6.29. The molecule has 4 unspecified atom stereocenters. The molecular formula is C29H30N2O8S4. The fourth-order valence-electron chi connectivity index (χ4n) is 5.43. The highest BCUT2D eigenvalue weighted by Crippen LogP contribution is 2.47. The van der Waals surface area contributed by atoms with Gasteiger partial charge in [0.15, 0.2) is 0 Å². The molecule has 0 aliphatic carbocycles. The van der Waals surface area contributed by atoms with Crippen LogP contribution in [0, 0.1) is 0 Å². The summed E-state index contributed by atoms with van der Waals surface area (Å²) in [6, 6.07) is 9.97. The lowest BCUT2D eigenvalue weighted by molar-refractivity contribution is 0.0395. The summed E-state index contributed by atoms with van der Waals surface area (Å²) >= 11 is 7.47. The summed E-state index contributed by atoms with van der Waals surface area (Å²) < 4.78 is 20.8. The highest BCUT2D eigenvalue weighted by Gasteiger charge is 2.42. The molecule has 4 atom stereocenters. The first kappa shape index (κ1) is 30.4. The topological polar surface area (TPSA) is 112 Å². The number of benzene rings is 2. The second-order valence-corrected chi connectivity index (χ2v) is 15.0. The summed E-state index contributed by atoms with van der Waals surface area (Å²) in [4.78, 5) is 55.1. The van der Waals surface area contributed by atoms with Gasteiger partial charge >= 0.3 is 23.9 Å². The second kappa shape index (κ2) is 13.1. The van der Waals surface area contributed by atoms with Crippen LogP contribution in [0.15, 0.2) is 36.4 Å². The van der Waals surface area contributed by atoms with Gasteiger partial charge in [-0.25, -0.2) is 19.2 Å². The van der Waals surface area contributed by atoms with E-state index < -0.39 is 23.9 Å². The van der Waals surface area contributed by atoms with Gasteiger partial charge in [0.2, 0.25) is 0 Å². The Kier molecular flexibility index (Phi) is 9.27. The number of esters is 4. The number of methoxy groups -OCH3 is 2. The van der Waals surface area contributed by atoms with E-state index in [4.69, 9.17) is 18.9 Å². The van der Waals surface area contributed by atoms with Crippen LogP contribution in [-0.2, 0) is 18.9 Å². The zero-order valence-electron chi connectivity index (χ0n) is 23.5. The SMILES string of the molecule is COC(=O)c1cc(C(=O)OCCCOC(=O)c2cc(C(=O)OC)cc(N3C4CSC3CS4)c2)cc(N2C3CSC2CS3)c1. The molecule has 2 aromatic carbocycles. The fraction of sp³-hybridized carbons (Fsp3) is 0.448. The van der Waals surface area contributed by atoms with Crippen molar-refractivity contribution in [1.82, 2.24) is 0 Å². The predicted octanol–water partition coefficient (Wildman–Crippen LogP) is 4.57. The van der Waals surface area contributed by atoms with E-state index in [-0.39, 0.29) is 41.9 Å². The smallest absolute Gasteiger partial charge is 0.338 e. The van der Waals surface area contributed by atoms with E-state index in [1.807, 2.05) is 47.0 Å². The van der Waals surface area contributed by atoms with Crippen molar-refractivity contribution in [2.45, 2.75) is 27.9 Å². The first-order chi connectivity index (χ1) is 20.9. The van der Waals surface area contributed by atoms with Crippen LogP contribution in [0.1, 0.15) is 47.9 Å². The molecular weight excluding hydrogens is 633 g/mol. The molecule has 6 rings (SSSR count). The number of anilines is 2. The molecule has 43 heavy (non-hydrogen) atoms. The van der Waals surface area contributed by atoms with E-state index in [9.17, 15) is 19.2 Å². The normalized spacial score (nSPS) is 23.4. The molecule has 0 aromatic heterocycles. The average Bonchev–Trinajstić information content (AvgIpc) is 3.84. The Labute approximate surface area is 266 Å². The van der Waals surface area contributed by atoms with Crippen LogP contribution in [0.4, 0.5) is 11.4 Å². The van der Waals surface area contributed by atoms with Gasteiger partial charge in [-0.2, -0.15) is 0 Å². The lowest BCUT2D eigenvalue weighted by Crippen LogP contribution is -2.29. The molecule has 2 aromatic rings. The number of nitrogens with zero attached hydrogens (tertiary/aromatic N) is 2. The third-order valence-electron chi connectivity index (χ3n) is 7.47. The molecule has 0 amide bonds. The molecule has 228 valence electrons. The van der Waals surface area contributed by atoms with Crippen LogP contribution in [-0.4, -0.2) is 95.8 Å². The van der Waals surface area contributed by atoms with Crippen LogP contribution < -0.4 is 9.80 Å². The van der Waals surface area contributed by atoms with Crippen LogP contribution >= 0.6 is 47.0 Å². The van der Waals surface area contributed by atoms with Crippen LogP contribution in [0.25, 0.3) is 0 Å². The Morgan fingerprint density at radius 2 is 0.907 bits per heavy atom. The summed E-state index contributed by atoms with van der Waals surface area (Å²) in [5, 5.41) is 1.20. The fourth-order valence-corrected chi connectivity index (χ4v) is 12.0. The second-order valence-electron chi connectivity index (χ2n) is 10.1. The molecule has 4 bridgehead atoms. The van der Waals surface area contributed by atoms with Gasteiger partial charge in [0.1, 0.15) is 0 Å². The van der Waals surface area contributed by atoms with E-state index in [1.54, 1.807) is 24.3 Å². The molecule has 4 heterocycles. The Balaban J connectivity index is 1.06. The summed E-state index contributed by atoms with van der Waals surface area (Å²) in [5.41, 5.74) is 2.68. The third-order valence-corrected chi connectivity index (χ3v) is 13.5. The van der Waals surface area contributed by atoms with Crippen LogP contribution in [0.2, 0.25) is 0 Å². The molecule has 4 aliphatic heterocycles. The number of rotatable bonds is 10. The molecule has 0 spiro atoms. The molecule has 0 radical (unpaired) electrons. The zero-order valence-corrected chi connectivity index (χ0v) is 26.8. The van der Waals surface area contributed by atoms with Gasteiger partial charge in [-0.3, -0.25) is 0 Å². The van der Waals surface area contributed by atoms with Crippen LogP contribution in [0.5, 0.6) is 0 Å². The van der Waals surface area contributed by atoms with E-state index in [2.05, 4.69) is 9.80 Å².